The van der Waals surface area contributed by atoms with Crippen LogP contribution in [0.5, 0.6) is 0 Å². The minimum atomic E-state index is -2.80. The summed E-state index contributed by atoms with van der Waals surface area (Å²) < 4.78 is 24.3. The number of hydrogen-bond acceptors (Lipinski definition) is 4. The fourth-order valence-corrected chi connectivity index (χ4v) is 4.64. The lowest BCUT2D eigenvalue weighted by Gasteiger charge is -2.28. The van der Waals surface area contributed by atoms with Gasteiger partial charge in [-0.05, 0) is 51.4 Å². The van der Waals surface area contributed by atoms with Crippen LogP contribution in [-0.2, 0) is 17.7 Å². The Balaban J connectivity index is 1.46. The van der Waals surface area contributed by atoms with E-state index in [2.05, 4.69) is 0 Å². The maximum atomic E-state index is 6.07. The van der Waals surface area contributed by atoms with Crippen molar-refractivity contribution in [2.24, 2.45) is 0 Å². The van der Waals surface area contributed by atoms with Gasteiger partial charge in [-0.3, -0.25) is 0 Å². The van der Waals surface area contributed by atoms with Gasteiger partial charge in [0.05, 0.1) is 24.4 Å². The Bertz CT molecular complexity index is 233. The first-order chi connectivity index (χ1) is 8.31. The first-order valence-electron chi connectivity index (χ1n) is 7.03. The Labute approximate surface area is 103 Å². The molecule has 0 aromatic heterocycles. The topological polar surface area (TPSA) is 36.9 Å². The summed E-state index contributed by atoms with van der Waals surface area (Å²) in [5.41, 5.74) is 0. The molecule has 4 saturated carbocycles. The van der Waals surface area contributed by atoms with E-state index in [1.165, 1.54) is 0 Å². The van der Waals surface area contributed by atoms with Crippen LogP contribution in [0.1, 0.15) is 51.4 Å². The van der Waals surface area contributed by atoms with Crippen molar-refractivity contribution in [2.75, 3.05) is 0 Å². The molecule has 0 spiro atoms. The Morgan fingerprint density at radius 1 is 0.471 bits per heavy atom. The lowest BCUT2D eigenvalue weighted by molar-refractivity contribution is -0.0517. The molecule has 0 aromatic rings. The summed E-state index contributed by atoms with van der Waals surface area (Å²) in [5, 5.41) is 0. The van der Waals surface area contributed by atoms with Crippen molar-refractivity contribution in [3.05, 3.63) is 0 Å². The van der Waals surface area contributed by atoms with E-state index >= 15 is 0 Å². The van der Waals surface area contributed by atoms with E-state index in [1.807, 2.05) is 0 Å². The molecule has 0 saturated heterocycles. The van der Waals surface area contributed by atoms with Gasteiger partial charge in [0.15, 0.2) is 0 Å². The first-order valence-corrected chi connectivity index (χ1v) is 8.66. The molecule has 4 rings (SSSR count). The van der Waals surface area contributed by atoms with E-state index < -0.39 is 9.05 Å². The molecule has 4 nitrogen and oxygen atoms in total. The minimum absolute atomic E-state index is 0.345. The highest BCUT2D eigenvalue weighted by molar-refractivity contribution is 6.54. The van der Waals surface area contributed by atoms with Crippen LogP contribution in [0.15, 0.2) is 0 Å². The molecule has 4 aliphatic carbocycles. The van der Waals surface area contributed by atoms with Gasteiger partial charge in [0, 0.05) is 0 Å². The molecule has 0 atom stereocenters. The molecule has 4 fully saturated rings. The third-order valence-electron chi connectivity index (χ3n) is 3.34. The van der Waals surface area contributed by atoms with E-state index in [0.717, 1.165) is 51.4 Å². The van der Waals surface area contributed by atoms with Crippen molar-refractivity contribution in [1.29, 1.82) is 0 Å². The molecule has 0 unspecified atom stereocenters. The Morgan fingerprint density at radius 3 is 0.882 bits per heavy atom. The highest BCUT2D eigenvalue weighted by Gasteiger charge is 2.58. The van der Waals surface area contributed by atoms with Crippen molar-refractivity contribution in [2.45, 2.75) is 75.8 Å². The summed E-state index contributed by atoms with van der Waals surface area (Å²) in [6.07, 6.45) is 10.5. The van der Waals surface area contributed by atoms with Gasteiger partial charge in [-0.2, -0.15) is 0 Å². The van der Waals surface area contributed by atoms with Crippen LogP contribution in [-0.4, -0.2) is 33.5 Å². The summed E-state index contributed by atoms with van der Waals surface area (Å²) in [6.45, 7) is 0. The van der Waals surface area contributed by atoms with Crippen LogP contribution in [0.25, 0.3) is 0 Å². The Kier molecular flexibility index (Phi) is 2.59. The standard InChI is InChI=1S/C12H20O4Si/c1-2-9(1)13-17(14-10-3-4-10,15-11-5-6-11)16-12-7-8-12/h9-12H,1-8H2. The lowest BCUT2D eigenvalue weighted by atomic mass is 10.9. The summed E-state index contributed by atoms with van der Waals surface area (Å²) in [5.74, 6) is 0. The largest absolute Gasteiger partial charge is 0.680 e. The Hall–Kier alpha value is 0.0569. The number of hydrogen-bond donors (Lipinski definition) is 0. The molecule has 0 radical (unpaired) electrons. The molecule has 0 aliphatic heterocycles. The van der Waals surface area contributed by atoms with E-state index in [0.29, 0.717) is 24.4 Å². The van der Waals surface area contributed by atoms with Crippen molar-refractivity contribution < 1.29 is 17.7 Å². The molecular weight excluding hydrogens is 236 g/mol. The summed E-state index contributed by atoms with van der Waals surface area (Å²) in [6, 6.07) is 0. The normalized spacial score (nSPS) is 29.6. The second kappa shape index (κ2) is 4.03. The lowest BCUT2D eigenvalue weighted by Crippen LogP contribution is -2.51. The van der Waals surface area contributed by atoms with Crippen LogP contribution in [0.2, 0.25) is 0 Å². The fourth-order valence-electron chi connectivity index (χ4n) is 1.73. The van der Waals surface area contributed by atoms with E-state index in [-0.39, 0.29) is 0 Å². The highest BCUT2D eigenvalue weighted by atomic mass is 28.4. The second-order valence-corrected chi connectivity index (χ2v) is 7.71. The highest BCUT2D eigenvalue weighted by Crippen LogP contribution is 2.40. The van der Waals surface area contributed by atoms with Crippen molar-refractivity contribution >= 4 is 9.05 Å². The molecule has 5 heteroatoms. The van der Waals surface area contributed by atoms with Gasteiger partial charge in [-0.1, -0.05) is 0 Å². The first kappa shape index (κ1) is 10.9. The zero-order valence-corrected chi connectivity index (χ0v) is 11.1. The molecule has 0 aromatic carbocycles. The molecule has 0 amide bonds. The molecule has 96 valence electrons. The Morgan fingerprint density at radius 2 is 0.706 bits per heavy atom. The zero-order valence-electron chi connectivity index (χ0n) is 10.1. The molecule has 0 N–H and O–H groups in total. The van der Waals surface area contributed by atoms with E-state index in [1.54, 1.807) is 0 Å². The van der Waals surface area contributed by atoms with Crippen LogP contribution < -0.4 is 0 Å². The predicted octanol–water partition coefficient (Wildman–Crippen LogP) is 2.14. The SMILES string of the molecule is C1CC1O[Si](OC1CC1)(OC1CC1)OC1CC1. The van der Waals surface area contributed by atoms with Gasteiger partial charge in [0.25, 0.3) is 0 Å². The van der Waals surface area contributed by atoms with Gasteiger partial charge in [0.2, 0.25) is 0 Å². The quantitative estimate of drug-likeness (QED) is 0.624. The maximum absolute atomic E-state index is 6.07. The molecule has 0 heterocycles. The summed E-state index contributed by atoms with van der Waals surface area (Å²) in [4.78, 5) is 0. The van der Waals surface area contributed by atoms with Crippen molar-refractivity contribution in [1.82, 2.24) is 0 Å². The van der Waals surface area contributed by atoms with Crippen LogP contribution >= 0.6 is 0 Å². The van der Waals surface area contributed by atoms with Crippen LogP contribution in [0.4, 0.5) is 0 Å². The predicted molar refractivity (Wildman–Crippen MR) is 62.2 cm³/mol. The summed E-state index contributed by atoms with van der Waals surface area (Å²) in [7, 11) is -2.80. The van der Waals surface area contributed by atoms with Crippen molar-refractivity contribution in [3.8, 4) is 0 Å². The second-order valence-electron chi connectivity index (χ2n) is 5.77. The van der Waals surface area contributed by atoms with Gasteiger partial charge < -0.3 is 17.7 Å². The van der Waals surface area contributed by atoms with Crippen LogP contribution in [0, 0.1) is 0 Å². The number of rotatable bonds is 8. The van der Waals surface area contributed by atoms with Gasteiger partial charge in [-0.15, -0.1) is 0 Å². The van der Waals surface area contributed by atoms with E-state index in [9.17, 15) is 0 Å². The van der Waals surface area contributed by atoms with Gasteiger partial charge in [0.1, 0.15) is 0 Å². The minimum Gasteiger partial charge on any atom is -0.348 e. The van der Waals surface area contributed by atoms with Crippen LogP contribution in [0.3, 0.4) is 0 Å². The summed E-state index contributed by atoms with van der Waals surface area (Å²) >= 11 is 0. The monoisotopic (exact) mass is 256 g/mol. The molecule has 17 heavy (non-hydrogen) atoms. The average Bonchev–Trinajstić information content (AvgIpc) is 3.12. The van der Waals surface area contributed by atoms with Crippen molar-refractivity contribution in [3.63, 3.8) is 0 Å². The zero-order chi connectivity index (χ0) is 11.3. The average molecular weight is 256 g/mol. The maximum Gasteiger partial charge on any atom is 0.680 e. The third-order valence-corrected chi connectivity index (χ3v) is 5.83. The van der Waals surface area contributed by atoms with Gasteiger partial charge >= 0.3 is 9.05 Å². The third kappa shape index (κ3) is 3.09. The molecule has 0 bridgehead atoms. The fraction of sp³-hybridized carbons (Fsp3) is 1.00. The van der Waals surface area contributed by atoms with E-state index in [4.69, 9.17) is 17.7 Å². The van der Waals surface area contributed by atoms with Gasteiger partial charge in [-0.25, -0.2) is 0 Å². The smallest absolute Gasteiger partial charge is 0.348 e. The molecular formula is C12H20O4Si. The molecule has 4 aliphatic rings.